The second-order valence-corrected chi connectivity index (χ2v) is 3.57. The molecule has 0 amide bonds. The van der Waals surface area contributed by atoms with Crippen LogP contribution in [0.1, 0.15) is 19.8 Å². The maximum atomic E-state index is 11.3. The molecule has 0 atom stereocenters. The number of aliphatic hydroxyl groups excluding tert-OH is 1. The van der Waals surface area contributed by atoms with Crippen molar-refractivity contribution >= 4 is 6.16 Å². The molecule has 5 nitrogen and oxygen atoms in total. The Balaban J connectivity index is 2.51. The summed E-state index contributed by atoms with van der Waals surface area (Å²) in [5.74, 6) is 0.846. The lowest BCUT2D eigenvalue weighted by Gasteiger charge is -2.10. The highest BCUT2D eigenvalue weighted by atomic mass is 16.7. The highest BCUT2D eigenvalue weighted by Crippen LogP contribution is 2.26. The molecule has 100 valence electrons. The third-order valence-corrected chi connectivity index (χ3v) is 2.03. The van der Waals surface area contributed by atoms with Crippen molar-refractivity contribution in [1.82, 2.24) is 0 Å². The number of carbonyl (C=O) groups is 1. The Morgan fingerprint density at radius 2 is 1.94 bits per heavy atom. The van der Waals surface area contributed by atoms with E-state index in [4.69, 9.17) is 19.3 Å². The first-order chi connectivity index (χ1) is 8.77. The number of para-hydroxylation sites is 2. The predicted molar refractivity (Wildman–Crippen MR) is 65.9 cm³/mol. The highest BCUT2D eigenvalue weighted by molar-refractivity contribution is 5.65. The van der Waals surface area contributed by atoms with Crippen molar-refractivity contribution in [1.29, 1.82) is 0 Å². The molecule has 0 aromatic heterocycles. The molecule has 18 heavy (non-hydrogen) atoms. The SMILES string of the molecule is CCCOc1ccccc1OC(=O)OCCCO. The van der Waals surface area contributed by atoms with Gasteiger partial charge in [0, 0.05) is 13.0 Å². The molecule has 1 aromatic rings. The van der Waals surface area contributed by atoms with Crippen LogP contribution in [0, 0.1) is 0 Å². The Hall–Kier alpha value is -1.75. The minimum atomic E-state index is -0.795. The van der Waals surface area contributed by atoms with Crippen LogP contribution in [0.25, 0.3) is 0 Å². The predicted octanol–water partition coefficient (Wildman–Crippen LogP) is 2.37. The Morgan fingerprint density at radius 1 is 1.22 bits per heavy atom. The number of hydrogen-bond donors (Lipinski definition) is 1. The quantitative estimate of drug-likeness (QED) is 0.459. The third-order valence-electron chi connectivity index (χ3n) is 2.03. The van der Waals surface area contributed by atoms with Gasteiger partial charge in [-0.15, -0.1) is 0 Å². The molecule has 0 aliphatic heterocycles. The van der Waals surface area contributed by atoms with Crippen LogP contribution in [-0.4, -0.2) is 31.1 Å². The molecule has 0 aliphatic carbocycles. The summed E-state index contributed by atoms with van der Waals surface area (Å²) in [7, 11) is 0. The maximum Gasteiger partial charge on any atom is 0.513 e. The van der Waals surface area contributed by atoms with Crippen LogP contribution in [0.3, 0.4) is 0 Å². The largest absolute Gasteiger partial charge is 0.513 e. The maximum absolute atomic E-state index is 11.3. The standard InChI is InChI=1S/C13H18O5/c1-2-9-16-11-6-3-4-7-12(11)18-13(15)17-10-5-8-14/h3-4,6-7,14H,2,5,8-10H2,1H3. The molecule has 0 heterocycles. The van der Waals surface area contributed by atoms with Crippen molar-refractivity contribution in [2.45, 2.75) is 19.8 Å². The van der Waals surface area contributed by atoms with Crippen LogP contribution in [0.15, 0.2) is 24.3 Å². The summed E-state index contributed by atoms with van der Waals surface area (Å²) in [6.07, 6.45) is 0.467. The molecule has 0 unspecified atom stereocenters. The van der Waals surface area contributed by atoms with E-state index in [0.29, 0.717) is 24.5 Å². The molecule has 0 saturated heterocycles. The fraction of sp³-hybridized carbons (Fsp3) is 0.462. The van der Waals surface area contributed by atoms with E-state index in [2.05, 4.69) is 0 Å². The van der Waals surface area contributed by atoms with Crippen molar-refractivity contribution in [3.63, 3.8) is 0 Å². The Bertz CT molecular complexity index is 364. The van der Waals surface area contributed by atoms with Gasteiger partial charge < -0.3 is 19.3 Å². The van der Waals surface area contributed by atoms with Gasteiger partial charge in [-0.2, -0.15) is 0 Å². The minimum absolute atomic E-state index is 0.0243. The lowest BCUT2D eigenvalue weighted by atomic mass is 10.3. The van der Waals surface area contributed by atoms with Crippen molar-refractivity contribution < 1.29 is 24.1 Å². The first kappa shape index (κ1) is 14.3. The van der Waals surface area contributed by atoms with E-state index in [1.54, 1.807) is 24.3 Å². The molecular weight excluding hydrogens is 236 g/mol. The van der Waals surface area contributed by atoms with Gasteiger partial charge in [-0.1, -0.05) is 19.1 Å². The molecule has 1 rings (SSSR count). The van der Waals surface area contributed by atoms with Gasteiger partial charge >= 0.3 is 6.16 Å². The van der Waals surface area contributed by atoms with Crippen molar-refractivity contribution in [2.75, 3.05) is 19.8 Å². The van der Waals surface area contributed by atoms with E-state index in [0.717, 1.165) is 6.42 Å². The lowest BCUT2D eigenvalue weighted by Crippen LogP contribution is -2.13. The van der Waals surface area contributed by atoms with Crippen LogP contribution < -0.4 is 9.47 Å². The molecule has 5 heteroatoms. The molecule has 0 spiro atoms. The van der Waals surface area contributed by atoms with Crippen molar-refractivity contribution in [3.8, 4) is 11.5 Å². The van der Waals surface area contributed by atoms with Gasteiger partial charge in [0.05, 0.1) is 13.2 Å². The zero-order valence-corrected chi connectivity index (χ0v) is 10.4. The van der Waals surface area contributed by atoms with Crippen LogP contribution >= 0.6 is 0 Å². The molecule has 0 saturated carbocycles. The minimum Gasteiger partial charge on any atom is -0.490 e. The molecule has 1 aromatic carbocycles. The van der Waals surface area contributed by atoms with Crippen molar-refractivity contribution in [2.24, 2.45) is 0 Å². The first-order valence-corrected chi connectivity index (χ1v) is 5.95. The third kappa shape index (κ3) is 5.05. The average Bonchev–Trinajstić information content (AvgIpc) is 2.38. The molecular formula is C13H18O5. The Morgan fingerprint density at radius 3 is 2.61 bits per heavy atom. The number of ether oxygens (including phenoxy) is 3. The smallest absolute Gasteiger partial charge is 0.490 e. The number of benzene rings is 1. The molecule has 1 N–H and O–H groups in total. The topological polar surface area (TPSA) is 65.0 Å². The first-order valence-electron chi connectivity index (χ1n) is 5.95. The molecule has 0 aliphatic rings. The summed E-state index contributed by atoms with van der Waals surface area (Å²) in [6.45, 7) is 2.66. The normalized spacial score (nSPS) is 9.89. The van der Waals surface area contributed by atoms with E-state index < -0.39 is 6.16 Å². The number of carbonyl (C=O) groups excluding carboxylic acids is 1. The van der Waals surface area contributed by atoms with Crippen molar-refractivity contribution in [3.05, 3.63) is 24.3 Å². The van der Waals surface area contributed by atoms with Gasteiger partial charge in [-0.05, 0) is 18.6 Å². The van der Waals surface area contributed by atoms with E-state index in [1.165, 1.54) is 0 Å². The summed E-state index contributed by atoms with van der Waals surface area (Å²) in [5.41, 5.74) is 0. The fourth-order valence-corrected chi connectivity index (χ4v) is 1.21. The second kappa shape index (κ2) is 8.36. The zero-order chi connectivity index (χ0) is 13.2. The second-order valence-electron chi connectivity index (χ2n) is 3.57. The summed E-state index contributed by atoms with van der Waals surface area (Å²) in [5, 5.41) is 8.56. The summed E-state index contributed by atoms with van der Waals surface area (Å²) in [4.78, 5) is 11.3. The molecule has 0 radical (unpaired) electrons. The number of aliphatic hydroxyl groups is 1. The Labute approximate surface area is 106 Å². The van der Waals surface area contributed by atoms with Gasteiger partial charge in [0.15, 0.2) is 11.5 Å². The molecule has 0 bridgehead atoms. The van der Waals surface area contributed by atoms with Gasteiger partial charge in [0.25, 0.3) is 0 Å². The number of hydrogen-bond acceptors (Lipinski definition) is 5. The van der Waals surface area contributed by atoms with Crippen LogP contribution in [0.4, 0.5) is 4.79 Å². The van der Waals surface area contributed by atoms with Gasteiger partial charge in [0.1, 0.15) is 0 Å². The molecule has 0 fully saturated rings. The van der Waals surface area contributed by atoms with E-state index in [9.17, 15) is 4.79 Å². The summed E-state index contributed by atoms with van der Waals surface area (Å²) in [6, 6.07) is 6.91. The fourth-order valence-electron chi connectivity index (χ4n) is 1.21. The van der Waals surface area contributed by atoms with Gasteiger partial charge in [-0.25, -0.2) is 4.79 Å². The Kier molecular flexibility index (Phi) is 6.64. The highest BCUT2D eigenvalue weighted by Gasteiger charge is 2.10. The monoisotopic (exact) mass is 254 g/mol. The average molecular weight is 254 g/mol. The summed E-state index contributed by atoms with van der Waals surface area (Å²) >= 11 is 0. The summed E-state index contributed by atoms with van der Waals surface area (Å²) < 4.78 is 15.2. The van der Waals surface area contributed by atoms with Crippen LogP contribution in [0.2, 0.25) is 0 Å². The van der Waals surface area contributed by atoms with Gasteiger partial charge in [0.2, 0.25) is 0 Å². The van der Waals surface area contributed by atoms with Gasteiger partial charge in [-0.3, -0.25) is 0 Å². The zero-order valence-electron chi connectivity index (χ0n) is 10.4. The van der Waals surface area contributed by atoms with Crippen LogP contribution in [0.5, 0.6) is 11.5 Å². The lowest BCUT2D eigenvalue weighted by molar-refractivity contribution is 0.0911. The van der Waals surface area contributed by atoms with E-state index in [1.807, 2.05) is 6.92 Å². The van der Waals surface area contributed by atoms with Crippen LogP contribution in [-0.2, 0) is 4.74 Å². The van der Waals surface area contributed by atoms with E-state index in [-0.39, 0.29) is 13.2 Å². The number of rotatable bonds is 7. The van der Waals surface area contributed by atoms with E-state index >= 15 is 0 Å².